The molecular weight excluding hydrogens is 693 g/mol. The first kappa shape index (κ1) is 53.1. The van der Waals surface area contributed by atoms with E-state index in [2.05, 4.69) is 106 Å². The first-order chi connectivity index (χ1) is 27.6. The Kier molecular flexibility index (Phi) is 44.0. The fourth-order valence-corrected chi connectivity index (χ4v) is 6.06. The summed E-state index contributed by atoms with van der Waals surface area (Å²) in [5.41, 5.74) is 0. The van der Waals surface area contributed by atoms with Crippen molar-refractivity contribution in [1.29, 1.82) is 0 Å². The summed E-state index contributed by atoms with van der Waals surface area (Å²) in [6.45, 7) is 7.42. The molecule has 0 aromatic heterocycles. The molecule has 0 aliphatic rings. The van der Waals surface area contributed by atoms with E-state index in [4.69, 9.17) is 14.2 Å². The Balaban J connectivity index is 4.40. The van der Waals surface area contributed by atoms with Crippen LogP contribution in [0.5, 0.6) is 0 Å². The Hall–Kier alpha value is -2.92. The Morgan fingerprint density at radius 1 is 0.411 bits per heavy atom. The molecule has 56 heavy (non-hydrogen) atoms. The smallest absolute Gasteiger partial charge is 0.306 e. The van der Waals surface area contributed by atoms with Crippen LogP contribution < -0.4 is 0 Å². The van der Waals surface area contributed by atoms with Crippen molar-refractivity contribution in [3.8, 4) is 0 Å². The van der Waals surface area contributed by atoms with E-state index in [0.29, 0.717) is 19.4 Å². The molecule has 0 rings (SSSR count). The lowest BCUT2D eigenvalue weighted by molar-refractivity contribution is -0.163. The Morgan fingerprint density at radius 3 is 1.29 bits per heavy atom. The van der Waals surface area contributed by atoms with Gasteiger partial charge in [0.05, 0.1) is 6.61 Å². The zero-order chi connectivity index (χ0) is 40.7. The summed E-state index contributed by atoms with van der Waals surface area (Å²) in [6.07, 6.45) is 60.2. The lowest BCUT2D eigenvalue weighted by Crippen LogP contribution is -2.30. The first-order valence-electron chi connectivity index (χ1n) is 23.1. The van der Waals surface area contributed by atoms with E-state index in [0.717, 1.165) is 103 Å². The average molecular weight is 779 g/mol. The summed E-state index contributed by atoms with van der Waals surface area (Å²) in [5, 5.41) is 0. The van der Waals surface area contributed by atoms with Crippen molar-refractivity contribution in [2.45, 2.75) is 207 Å². The third kappa shape index (κ3) is 43.8. The lowest BCUT2D eigenvalue weighted by Gasteiger charge is -2.18. The van der Waals surface area contributed by atoms with Gasteiger partial charge in [-0.1, -0.05) is 189 Å². The summed E-state index contributed by atoms with van der Waals surface area (Å²) < 4.78 is 17.2. The van der Waals surface area contributed by atoms with Gasteiger partial charge in [-0.3, -0.25) is 9.59 Å². The summed E-state index contributed by atoms with van der Waals surface area (Å²) >= 11 is 0. The molecule has 0 aliphatic carbocycles. The molecule has 1 atom stereocenters. The predicted octanol–water partition coefficient (Wildman–Crippen LogP) is 15.3. The van der Waals surface area contributed by atoms with Gasteiger partial charge in [-0.2, -0.15) is 0 Å². The minimum Gasteiger partial charge on any atom is -0.462 e. The van der Waals surface area contributed by atoms with E-state index in [-0.39, 0.29) is 25.2 Å². The van der Waals surface area contributed by atoms with Gasteiger partial charge in [-0.25, -0.2) is 0 Å². The molecule has 1 unspecified atom stereocenters. The van der Waals surface area contributed by atoms with E-state index in [1.807, 2.05) is 0 Å². The second-order valence-corrected chi connectivity index (χ2v) is 14.9. The number of unbranched alkanes of at least 4 members (excludes halogenated alkanes) is 16. The third-order valence-electron chi connectivity index (χ3n) is 9.43. The van der Waals surface area contributed by atoms with Crippen LogP contribution in [-0.2, 0) is 23.8 Å². The highest BCUT2D eigenvalue weighted by molar-refractivity contribution is 5.70. The van der Waals surface area contributed by atoms with Gasteiger partial charge >= 0.3 is 11.9 Å². The van der Waals surface area contributed by atoms with Crippen LogP contribution in [0.1, 0.15) is 201 Å². The topological polar surface area (TPSA) is 61.8 Å². The predicted molar refractivity (Wildman–Crippen MR) is 242 cm³/mol. The van der Waals surface area contributed by atoms with Gasteiger partial charge in [0, 0.05) is 19.4 Å². The van der Waals surface area contributed by atoms with Gasteiger partial charge in [0.2, 0.25) is 0 Å². The summed E-state index contributed by atoms with van der Waals surface area (Å²) in [6, 6.07) is 0. The minimum atomic E-state index is -0.576. The average Bonchev–Trinajstić information content (AvgIpc) is 3.20. The zero-order valence-electron chi connectivity index (χ0n) is 36.6. The van der Waals surface area contributed by atoms with Crippen molar-refractivity contribution >= 4 is 11.9 Å². The molecular formula is C51H86O5. The van der Waals surface area contributed by atoms with E-state index >= 15 is 0 Å². The molecule has 0 aliphatic heterocycles. The van der Waals surface area contributed by atoms with Crippen LogP contribution in [-0.4, -0.2) is 37.9 Å². The molecule has 0 spiro atoms. The fourth-order valence-electron chi connectivity index (χ4n) is 6.06. The standard InChI is InChI=1S/C51H86O5/c1-4-7-10-13-16-19-22-25-28-31-34-37-40-43-46-54-47-49(56-51(53)45-42-39-36-33-30-27-24-21-18-15-12-9-6-3)48-55-50(52)44-41-38-35-32-29-26-23-20-17-14-11-8-5-2/h7-8,10-11,16-17,19-20,25-26,28-29,34,37,49H,4-6,9,12-15,18,21-24,27,30-33,35-36,38-48H2,1-3H3/b10-7-,11-8-,19-16-,20-17-,28-25-,29-26-,37-34-. The molecule has 0 fully saturated rings. The zero-order valence-corrected chi connectivity index (χ0v) is 36.6. The summed E-state index contributed by atoms with van der Waals surface area (Å²) in [5.74, 6) is -0.464. The third-order valence-corrected chi connectivity index (χ3v) is 9.43. The van der Waals surface area contributed by atoms with E-state index in [1.54, 1.807) is 0 Å². The Morgan fingerprint density at radius 2 is 0.804 bits per heavy atom. The Bertz CT molecular complexity index is 1060. The molecule has 5 nitrogen and oxygen atoms in total. The highest BCUT2D eigenvalue weighted by atomic mass is 16.6. The molecule has 0 aromatic carbocycles. The SMILES string of the molecule is CC/C=C\C/C=C\C/C=C\C/C=C\CCCOCC(COC(=O)CCCCC/C=C\C/C=C\C/C=C\CC)OC(=O)CCCCCCCCCCCCCCC. The second-order valence-electron chi connectivity index (χ2n) is 14.9. The maximum absolute atomic E-state index is 12.7. The number of carbonyl (C=O) groups is 2. The van der Waals surface area contributed by atoms with Crippen LogP contribution in [0.15, 0.2) is 85.1 Å². The van der Waals surface area contributed by atoms with E-state index < -0.39 is 6.10 Å². The number of ether oxygens (including phenoxy) is 3. The number of hydrogen-bond donors (Lipinski definition) is 0. The molecule has 5 heteroatoms. The number of esters is 2. The van der Waals surface area contributed by atoms with Gasteiger partial charge in [0.15, 0.2) is 6.10 Å². The quantitative estimate of drug-likeness (QED) is 0.0351. The minimum absolute atomic E-state index is 0.0462. The van der Waals surface area contributed by atoms with Crippen molar-refractivity contribution in [2.24, 2.45) is 0 Å². The van der Waals surface area contributed by atoms with Crippen molar-refractivity contribution in [3.63, 3.8) is 0 Å². The van der Waals surface area contributed by atoms with Crippen LogP contribution in [0.25, 0.3) is 0 Å². The number of rotatable bonds is 41. The van der Waals surface area contributed by atoms with Gasteiger partial charge < -0.3 is 14.2 Å². The maximum atomic E-state index is 12.7. The normalized spacial score (nSPS) is 13.0. The first-order valence-corrected chi connectivity index (χ1v) is 23.1. The van der Waals surface area contributed by atoms with Crippen molar-refractivity contribution < 1.29 is 23.8 Å². The van der Waals surface area contributed by atoms with Crippen molar-refractivity contribution in [3.05, 3.63) is 85.1 Å². The number of allylic oxidation sites excluding steroid dienone is 14. The summed E-state index contributed by atoms with van der Waals surface area (Å²) in [4.78, 5) is 25.2. The number of hydrogen-bond acceptors (Lipinski definition) is 5. The van der Waals surface area contributed by atoms with E-state index in [1.165, 1.54) is 64.2 Å². The monoisotopic (exact) mass is 779 g/mol. The second kappa shape index (κ2) is 46.5. The van der Waals surface area contributed by atoms with Crippen LogP contribution >= 0.6 is 0 Å². The van der Waals surface area contributed by atoms with Gasteiger partial charge in [-0.05, 0) is 83.5 Å². The molecule has 0 heterocycles. The van der Waals surface area contributed by atoms with Crippen LogP contribution in [0, 0.1) is 0 Å². The molecule has 320 valence electrons. The van der Waals surface area contributed by atoms with Gasteiger partial charge in [0.25, 0.3) is 0 Å². The molecule has 0 bridgehead atoms. The highest BCUT2D eigenvalue weighted by Gasteiger charge is 2.17. The van der Waals surface area contributed by atoms with Crippen LogP contribution in [0.4, 0.5) is 0 Å². The lowest BCUT2D eigenvalue weighted by atomic mass is 10.0. The maximum Gasteiger partial charge on any atom is 0.306 e. The molecule has 0 amide bonds. The summed E-state index contributed by atoms with van der Waals surface area (Å²) in [7, 11) is 0. The molecule has 0 radical (unpaired) electrons. The Labute approximate surface area is 346 Å². The van der Waals surface area contributed by atoms with Crippen molar-refractivity contribution in [1.82, 2.24) is 0 Å². The highest BCUT2D eigenvalue weighted by Crippen LogP contribution is 2.14. The van der Waals surface area contributed by atoms with Crippen molar-refractivity contribution in [2.75, 3.05) is 19.8 Å². The molecule has 0 N–H and O–H groups in total. The number of carbonyl (C=O) groups excluding carboxylic acids is 2. The fraction of sp³-hybridized carbons (Fsp3) is 0.686. The van der Waals surface area contributed by atoms with E-state index in [9.17, 15) is 9.59 Å². The van der Waals surface area contributed by atoms with Crippen LogP contribution in [0.3, 0.4) is 0 Å². The molecule has 0 aromatic rings. The van der Waals surface area contributed by atoms with Crippen LogP contribution in [0.2, 0.25) is 0 Å². The van der Waals surface area contributed by atoms with Gasteiger partial charge in [-0.15, -0.1) is 0 Å². The largest absolute Gasteiger partial charge is 0.462 e. The molecule has 0 saturated heterocycles. The van der Waals surface area contributed by atoms with Gasteiger partial charge in [0.1, 0.15) is 6.61 Å². The molecule has 0 saturated carbocycles.